The van der Waals surface area contributed by atoms with E-state index in [2.05, 4.69) is 0 Å². The minimum Gasteiger partial charge on any atom is -0.393 e. The molecule has 0 aliphatic carbocycles. The summed E-state index contributed by atoms with van der Waals surface area (Å²) in [5.41, 5.74) is 5.18. The molecule has 0 unspecified atom stereocenters. The first kappa shape index (κ1) is 10.2. The van der Waals surface area contributed by atoms with Crippen LogP contribution < -0.4 is 5.73 Å². The van der Waals surface area contributed by atoms with E-state index in [1.54, 1.807) is 24.5 Å². The van der Waals surface area contributed by atoms with E-state index in [0.29, 0.717) is 0 Å². The second-order valence-electron chi connectivity index (χ2n) is 3.21. The molecule has 1 heterocycles. The van der Waals surface area contributed by atoms with Crippen molar-refractivity contribution in [3.63, 3.8) is 0 Å². The van der Waals surface area contributed by atoms with Crippen LogP contribution in [0.3, 0.4) is 0 Å². The van der Waals surface area contributed by atoms with Gasteiger partial charge in [0.05, 0.1) is 16.7 Å². The Morgan fingerprint density at radius 1 is 1.31 bits per heavy atom. The highest BCUT2D eigenvalue weighted by Crippen LogP contribution is 2.26. The van der Waals surface area contributed by atoms with Crippen LogP contribution in [0, 0.1) is 15.9 Å². The van der Waals surface area contributed by atoms with Gasteiger partial charge in [-0.2, -0.15) is 0 Å². The minimum absolute atomic E-state index is 0.0601. The Balaban J connectivity index is 2.59. The molecule has 0 aliphatic rings. The van der Waals surface area contributed by atoms with Crippen molar-refractivity contribution in [2.24, 2.45) is 0 Å². The SMILES string of the molecule is Nc1cc(-n2cccc2)c(F)cc1[N+](=O)[O-]. The summed E-state index contributed by atoms with van der Waals surface area (Å²) in [6.07, 6.45) is 3.26. The lowest BCUT2D eigenvalue weighted by molar-refractivity contribution is -0.384. The van der Waals surface area contributed by atoms with Crippen LogP contribution in [-0.2, 0) is 0 Å². The number of anilines is 1. The molecular formula is C10H8FN3O2. The van der Waals surface area contributed by atoms with Gasteiger partial charge >= 0.3 is 0 Å². The van der Waals surface area contributed by atoms with Gasteiger partial charge in [-0.1, -0.05) is 0 Å². The van der Waals surface area contributed by atoms with Gasteiger partial charge in [-0.05, 0) is 18.2 Å². The molecule has 0 amide bonds. The summed E-state index contributed by atoms with van der Waals surface area (Å²) in [4.78, 5) is 9.81. The van der Waals surface area contributed by atoms with E-state index in [1.807, 2.05) is 0 Å². The van der Waals surface area contributed by atoms with Gasteiger partial charge in [0.15, 0.2) is 5.82 Å². The number of hydrogen-bond acceptors (Lipinski definition) is 3. The molecule has 0 aliphatic heterocycles. The third-order valence-electron chi connectivity index (χ3n) is 2.18. The monoisotopic (exact) mass is 221 g/mol. The molecule has 5 nitrogen and oxygen atoms in total. The van der Waals surface area contributed by atoms with Gasteiger partial charge < -0.3 is 10.3 Å². The molecule has 82 valence electrons. The zero-order valence-electron chi connectivity index (χ0n) is 8.13. The molecule has 1 aromatic carbocycles. The van der Waals surface area contributed by atoms with Gasteiger partial charge in [0.25, 0.3) is 5.69 Å². The summed E-state index contributed by atoms with van der Waals surface area (Å²) >= 11 is 0. The van der Waals surface area contributed by atoms with Gasteiger partial charge in [-0.3, -0.25) is 10.1 Å². The molecule has 0 radical (unpaired) electrons. The smallest absolute Gasteiger partial charge is 0.295 e. The summed E-state index contributed by atoms with van der Waals surface area (Å²) in [6.45, 7) is 0. The Kier molecular flexibility index (Phi) is 2.32. The predicted octanol–water partition coefficient (Wildman–Crippen LogP) is 2.11. The van der Waals surface area contributed by atoms with Crippen LogP contribution in [0.4, 0.5) is 15.8 Å². The summed E-state index contributed by atoms with van der Waals surface area (Å²) in [5, 5.41) is 10.5. The first-order valence-corrected chi connectivity index (χ1v) is 4.46. The highest BCUT2D eigenvalue weighted by Gasteiger charge is 2.16. The molecule has 2 N–H and O–H groups in total. The molecule has 2 rings (SSSR count). The largest absolute Gasteiger partial charge is 0.393 e. The number of rotatable bonds is 2. The maximum absolute atomic E-state index is 13.6. The van der Waals surface area contributed by atoms with Crippen molar-refractivity contribution in [3.8, 4) is 5.69 Å². The molecule has 0 spiro atoms. The number of hydrogen-bond donors (Lipinski definition) is 1. The van der Waals surface area contributed by atoms with Crippen LogP contribution >= 0.6 is 0 Å². The van der Waals surface area contributed by atoms with Gasteiger partial charge in [0, 0.05) is 12.4 Å². The maximum Gasteiger partial charge on any atom is 0.295 e. The van der Waals surface area contributed by atoms with Crippen LogP contribution in [0.1, 0.15) is 0 Å². The fourth-order valence-corrected chi connectivity index (χ4v) is 1.42. The number of nitrogen functional groups attached to an aromatic ring is 1. The molecule has 1 aromatic heterocycles. The van der Waals surface area contributed by atoms with Crippen molar-refractivity contribution >= 4 is 11.4 Å². The van der Waals surface area contributed by atoms with E-state index in [4.69, 9.17) is 5.73 Å². The van der Waals surface area contributed by atoms with E-state index in [-0.39, 0.29) is 11.4 Å². The summed E-state index contributed by atoms with van der Waals surface area (Å²) in [7, 11) is 0. The van der Waals surface area contributed by atoms with Crippen molar-refractivity contribution in [2.45, 2.75) is 0 Å². The highest BCUT2D eigenvalue weighted by molar-refractivity contribution is 5.63. The molecular weight excluding hydrogens is 213 g/mol. The van der Waals surface area contributed by atoms with Crippen molar-refractivity contribution in [1.82, 2.24) is 4.57 Å². The third kappa shape index (κ3) is 1.60. The Labute approximate surface area is 90.1 Å². The molecule has 2 aromatic rings. The number of nitro groups is 1. The van der Waals surface area contributed by atoms with E-state index in [1.165, 1.54) is 10.6 Å². The Morgan fingerprint density at radius 2 is 1.94 bits per heavy atom. The summed E-state index contributed by atoms with van der Waals surface area (Å²) in [5.74, 6) is -0.683. The fourth-order valence-electron chi connectivity index (χ4n) is 1.42. The van der Waals surface area contributed by atoms with E-state index in [0.717, 1.165) is 6.07 Å². The summed E-state index contributed by atoms with van der Waals surface area (Å²) in [6, 6.07) is 5.51. The highest BCUT2D eigenvalue weighted by atomic mass is 19.1. The lowest BCUT2D eigenvalue weighted by atomic mass is 10.2. The molecule has 0 saturated heterocycles. The van der Waals surface area contributed by atoms with E-state index in [9.17, 15) is 14.5 Å². The number of nitrogens with two attached hydrogens (primary N) is 1. The van der Waals surface area contributed by atoms with Gasteiger partial charge in [0.2, 0.25) is 0 Å². The second-order valence-corrected chi connectivity index (χ2v) is 3.21. The van der Waals surface area contributed by atoms with Crippen molar-refractivity contribution in [2.75, 3.05) is 5.73 Å². The standard InChI is InChI=1S/C10H8FN3O2/c11-7-5-10(14(15)16)8(12)6-9(7)13-3-1-2-4-13/h1-6H,12H2. The van der Waals surface area contributed by atoms with Crippen LogP contribution in [0.15, 0.2) is 36.7 Å². The first-order valence-electron chi connectivity index (χ1n) is 4.46. The fraction of sp³-hybridized carbons (Fsp3) is 0. The topological polar surface area (TPSA) is 74.1 Å². The number of nitro benzene ring substituents is 1. The average Bonchev–Trinajstić information content (AvgIpc) is 2.73. The van der Waals surface area contributed by atoms with Crippen molar-refractivity contribution in [1.29, 1.82) is 0 Å². The molecule has 16 heavy (non-hydrogen) atoms. The van der Waals surface area contributed by atoms with Gasteiger partial charge in [-0.25, -0.2) is 4.39 Å². The Morgan fingerprint density at radius 3 is 2.50 bits per heavy atom. The molecule has 0 bridgehead atoms. The minimum atomic E-state index is -0.710. The maximum atomic E-state index is 13.6. The average molecular weight is 221 g/mol. The van der Waals surface area contributed by atoms with Crippen molar-refractivity contribution < 1.29 is 9.31 Å². The molecule has 0 fully saturated rings. The molecule has 0 saturated carbocycles. The van der Waals surface area contributed by atoms with Gasteiger partial charge in [0.1, 0.15) is 5.69 Å². The number of aromatic nitrogens is 1. The third-order valence-corrected chi connectivity index (χ3v) is 2.18. The van der Waals surface area contributed by atoms with Crippen LogP contribution in [0.2, 0.25) is 0 Å². The van der Waals surface area contributed by atoms with Crippen molar-refractivity contribution in [3.05, 3.63) is 52.6 Å². The number of benzene rings is 1. The zero-order valence-corrected chi connectivity index (χ0v) is 8.13. The first-order chi connectivity index (χ1) is 7.59. The second kappa shape index (κ2) is 3.65. The summed E-state index contributed by atoms with van der Waals surface area (Å²) < 4.78 is 15.1. The van der Waals surface area contributed by atoms with Crippen LogP contribution in [0.5, 0.6) is 0 Å². The van der Waals surface area contributed by atoms with Gasteiger partial charge in [-0.15, -0.1) is 0 Å². The lowest BCUT2D eigenvalue weighted by Gasteiger charge is -2.06. The van der Waals surface area contributed by atoms with Crippen LogP contribution in [0.25, 0.3) is 5.69 Å². The normalized spacial score (nSPS) is 10.3. The number of nitrogens with zero attached hydrogens (tertiary/aromatic N) is 2. The number of halogens is 1. The predicted molar refractivity (Wildman–Crippen MR) is 56.8 cm³/mol. The quantitative estimate of drug-likeness (QED) is 0.479. The zero-order chi connectivity index (χ0) is 11.7. The molecule has 0 atom stereocenters. The molecule has 6 heteroatoms. The Hall–Kier alpha value is -2.37. The Bertz CT molecular complexity index is 537. The lowest BCUT2D eigenvalue weighted by Crippen LogP contribution is -2.01. The van der Waals surface area contributed by atoms with E-state index >= 15 is 0 Å². The van der Waals surface area contributed by atoms with Crippen LogP contribution in [-0.4, -0.2) is 9.49 Å². The van der Waals surface area contributed by atoms with E-state index < -0.39 is 16.4 Å².